The fraction of sp³-hybridized carbons (Fsp3) is 0.667. The molecule has 2 saturated heterocycles. The minimum atomic E-state index is -3.38. The third kappa shape index (κ3) is 2.23. The van der Waals surface area contributed by atoms with Gasteiger partial charge in [-0.15, -0.1) is 11.3 Å². The van der Waals surface area contributed by atoms with Gasteiger partial charge in [0.05, 0.1) is 4.34 Å². The third-order valence-corrected chi connectivity index (χ3v) is 7.79. The number of sulfonamides is 1. The molecule has 0 saturated carbocycles. The van der Waals surface area contributed by atoms with E-state index >= 15 is 0 Å². The molecule has 7 heteroatoms. The van der Waals surface area contributed by atoms with Crippen LogP contribution in [0.15, 0.2) is 16.3 Å². The van der Waals surface area contributed by atoms with E-state index in [4.69, 9.17) is 11.6 Å². The van der Waals surface area contributed by atoms with E-state index in [-0.39, 0.29) is 6.04 Å². The molecule has 0 aliphatic carbocycles. The summed E-state index contributed by atoms with van der Waals surface area (Å²) < 4.78 is 28.0. The zero-order chi connectivity index (χ0) is 13.6. The number of hydrogen-bond acceptors (Lipinski definition) is 4. The van der Waals surface area contributed by atoms with Crippen molar-refractivity contribution in [2.75, 3.05) is 19.6 Å². The SMILES string of the molecule is CCC1C2CNCC2CN1S(=O)(=O)c1ccc(Cl)s1. The van der Waals surface area contributed by atoms with Gasteiger partial charge in [-0.3, -0.25) is 0 Å². The van der Waals surface area contributed by atoms with E-state index in [0.717, 1.165) is 30.8 Å². The number of nitrogens with one attached hydrogen (secondary N) is 1. The van der Waals surface area contributed by atoms with Crippen LogP contribution in [0.1, 0.15) is 13.3 Å². The largest absolute Gasteiger partial charge is 0.316 e. The van der Waals surface area contributed by atoms with E-state index in [2.05, 4.69) is 12.2 Å². The predicted molar refractivity (Wildman–Crippen MR) is 77.1 cm³/mol. The highest BCUT2D eigenvalue weighted by atomic mass is 35.5. The highest BCUT2D eigenvalue weighted by Crippen LogP contribution is 2.39. The second-order valence-corrected chi connectivity index (χ2v) is 9.02. The summed E-state index contributed by atoms with van der Waals surface area (Å²) in [6, 6.07) is 3.38. The number of hydrogen-bond donors (Lipinski definition) is 1. The Kier molecular flexibility index (Phi) is 3.64. The number of rotatable bonds is 3. The summed E-state index contributed by atoms with van der Waals surface area (Å²) >= 11 is 7.01. The molecule has 19 heavy (non-hydrogen) atoms. The van der Waals surface area contributed by atoms with E-state index in [1.807, 2.05) is 0 Å². The zero-order valence-corrected chi connectivity index (χ0v) is 13.1. The van der Waals surface area contributed by atoms with E-state index < -0.39 is 10.0 Å². The molecule has 1 aromatic rings. The van der Waals surface area contributed by atoms with Gasteiger partial charge in [0.25, 0.3) is 10.0 Å². The summed E-state index contributed by atoms with van der Waals surface area (Å²) in [7, 11) is -3.38. The summed E-state index contributed by atoms with van der Waals surface area (Å²) in [5, 5.41) is 3.36. The minimum Gasteiger partial charge on any atom is -0.316 e. The predicted octanol–water partition coefficient (Wildman–Crippen LogP) is 2.02. The Labute approximate surface area is 122 Å². The number of thiophene rings is 1. The van der Waals surface area contributed by atoms with Gasteiger partial charge in [-0.2, -0.15) is 4.31 Å². The quantitative estimate of drug-likeness (QED) is 0.927. The van der Waals surface area contributed by atoms with Gasteiger partial charge in [-0.05, 0) is 43.5 Å². The Balaban J connectivity index is 1.93. The van der Waals surface area contributed by atoms with Crippen LogP contribution in [0.2, 0.25) is 4.34 Å². The Morgan fingerprint density at radius 2 is 2.26 bits per heavy atom. The fourth-order valence-electron chi connectivity index (χ4n) is 3.32. The molecule has 0 bridgehead atoms. The Hall–Kier alpha value is -0.140. The Bertz CT molecular complexity index is 572. The van der Waals surface area contributed by atoms with Gasteiger partial charge in [0.1, 0.15) is 4.21 Å². The first kappa shape index (κ1) is 13.8. The third-order valence-electron chi connectivity index (χ3n) is 4.20. The molecule has 4 nitrogen and oxygen atoms in total. The van der Waals surface area contributed by atoms with Gasteiger partial charge in [0, 0.05) is 12.6 Å². The average Bonchev–Trinajstić information content (AvgIpc) is 3.02. The van der Waals surface area contributed by atoms with Crippen LogP contribution in [0.4, 0.5) is 0 Å². The topological polar surface area (TPSA) is 49.4 Å². The van der Waals surface area contributed by atoms with Crippen molar-refractivity contribution in [3.05, 3.63) is 16.5 Å². The van der Waals surface area contributed by atoms with Crippen molar-refractivity contribution >= 4 is 33.0 Å². The van der Waals surface area contributed by atoms with Gasteiger partial charge >= 0.3 is 0 Å². The first-order valence-corrected chi connectivity index (χ1v) is 9.15. The summed E-state index contributed by atoms with van der Waals surface area (Å²) in [6.07, 6.45) is 0.862. The average molecular weight is 321 g/mol. The van der Waals surface area contributed by atoms with E-state index in [9.17, 15) is 8.42 Å². The molecule has 0 spiro atoms. The summed E-state index contributed by atoms with van der Waals surface area (Å²) in [5.74, 6) is 0.908. The molecule has 3 unspecified atom stereocenters. The normalized spacial score (nSPS) is 31.8. The molecule has 3 atom stereocenters. The van der Waals surface area contributed by atoms with Gasteiger partial charge < -0.3 is 5.32 Å². The van der Waals surface area contributed by atoms with Crippen LogP contribution in [0.3, 0.4) is 0 Å². The first-order valence-electron chi connectivity index (χ1n) is 6.52. The van der Waals surface area contributed by atoms with Crippen LogP contribution in [0.25, 0.3) is 0 Å². The van der Waals surface area contributed by atoms with Crippen molar-refractivity contribution in [2.24, 2.45) is 11.8 Å². The van der Waals surface area contributed by atoms with Crippen molar-refractivity contribution in [2.45, 2.75) is 23.6 Å². The van der Waals surface area contributed by atoms with Gasteiger partial charge in [0.15, 0.2) is 0 Å². The zero-order valence-electron chi connectivity index (χ0n) is 10.7. The molecule has 0 amide bonds. The lowest BCUT2D eigenvalue weighted by atomic mass is 9.93. The number of fused-ring (bicyclic) bond motifs is 1. The molecule has 1 N–H and O–H groups in total. The van der Waals surface area contributed by atoms with Gasteiger partial charge in [0.2, 0.25) is 0 Å². The molecule has 2 aliphatic rings. The standard InChI is InChI=1S/C12H17ClN2O2S2/c1-2-10-9-6-14-5-8(9)7-15(10)19(16,17)12-4-3-11(13)18-12/h3-4,8-10,14H,2,5-7H2,1H3. The van der Waals surface area contributed by atoms with Gasteiger partial charge in [-0.1, -0.05) is 18.5 Å². The maximum atomic E-state index is 12.7. The lowest BCUT2D eigenvalue weighted by Crippen LogP contribution is -2.39. The highest BCUT2D eigenvalue weighted by molar-refractivity contribution is 7.91. The second kappa shape index (κ2) is 5.00. The van der Waals surface area contributed by atoms with E-state index in [0.29, 0.717) is 26.9 Å². The molecule has 106 valence electrons. The molecule has 1 aromatic heterocycles. The maximum Gasteiger partial charge on any atom is 0.252 e. The summed E-state index contributed by atoms with van der Waals surface area (Å²) in [4.78, 5) is 0. The first-order chi connectivity index (χ1) is 9.04. The Morgan fingerprint density at radius 3 is 2.89 bits per heavy atom. The number of nitrogens with zero attached hydrogens (tertiary/aromatic N) is 1. The molecule has 3 heterocycles. The van der Waals surface area contributed by atoms with Crippen LogP contribution in [0, 0.1) is 11.8 Å². The van der Waals surface area contributed by atoms with Crippen molar-refractivity contribution in [1.29, 1.82) is 0 Å². The van der Waals surface area contributed by atoms with Crippen LogP contribution in [0.5, 0.6) is 0 Å². The maximum absolute atomic E-state index is 12.7. The number of halogens is 1. The van der Waals surface area contributed by atoms with Crippen molar-refractivity contribution < 1.29 is 8.42 Å². The van der Waals surface area contributed by atoms with E-state index in [1.54, 1.807) is 16.4 Å². The van der Waals surface area contributed by atoms with E-state index in [1.165, 1.54) is 0 Å². The molecule has 3 rings (SSSR count). The monoisotopic (exact) mass is 320 g/mol. The molecule has 2 aliphatic heterocycles. The minimum absolute atomic E-state index is 0.117. The van der Waals surface area contributed by atoms with Crippen molar-refractivity contribution in [1.82, 2.24) is 9.62 Å². The molecule has 0 aromatic carbocycles. The molecule has 2 fully saturated rings. The Morgan fingerprint density at radius 1 is 1.47 bits per heavy atom. The van der Waals surface area contributed by atoms with Crippen molar-refractivity contribution in [3.63, 3.8) is 0 Å². The van der Waals surface area contributed by atoms with Crippen molar-refractivity contribution in [3.8, 4) is 0 Å². The summed E-state index contributed by atoms with van der Waals surface area (Å²) in [6.45, 7) is 4.56. The molecular formula is C12H17ClN2O2S2. The molecular weight excluding hydrogens is 304 g/mol. The highest BCUT2D eigenvalue weighted by Gasteiger charge is 2.48. The van der Waals surface area contributed by atoms with Crippen LogP contribution in [-0.2, 0) is 10.0 Å². The fourth-order valence-corrected chi connectivity index (χ4v) is 6.73. The second-order valence-electron chi connectivity index (χ2n) is 5.19. The summed E-state index contributed by atoms with van der Waals surface area (Å²) in [5.41, 5.74) is 0. The van der Waals surface area contributed by atoms with Crippen LogP contribution >= 0.6 is 22.9 Å². The lowest BCUT2D eigenvalue weighted by molar-refractivity contribution is 0.329. The molecule has 0 radical (unpaired) electrons. The smallest absolute Gasteiger partial charge is 0.252 e. The van der Waals surface area contributed by atoms with Gasteiger partial charge in [-0.25, -0.2) is 8.42 Å². The lowest BCUT2D eigenvalue weighted by Gasteiger charge is -2.25. The van der Waals surface area contributed by atoms with Crippen LogP contribution in [-0.4, -0.2) is 38.4 Å². The van der Waals surface area contributed by atoms with Crippen LogP contribution < -0.4 is 5.32 Å².